The lowest BCUT2D eigenvalue weighted by Gasteiger charge is -2.31. The van der Waals surface area contributed by atoms with Crippen molar-refractivity contribution >= 4 is 11.7 Å². The van der Waals surface area contributed by atoms with Gasteiger partial charge in [-0.3, -0.25) is 0 Å². The molecule has 1 aromatic rings. The molecule has 0 aromatic heterocycles. The molecule has 2 rings (SSSR count). The van der Waals surface area contributed by atoms with Gasteiger partial charge in [0.05, 0.1) is 20.3 Å². The minimum Gasteiger partial charge on any atom is -0.496 e. The van der Waals surface area contributed by atoms with Gasteiger partial charge in [0.2, 0.25) is 0 Å². The van der Waals surface area contributed by atoms with Gasteiger partial charge in [0.25, 0.3) is 0 Å². The second-order valence-corrected chi connectivity index (χ2v) is 4.59. The highest BCUT2D eigenvalue weighted by atomic mass is 16.5. The van der Waals surface area contributed by atoms with Crippen LogP contribution in [0.25, 0.3) is 0 Å². The average Bonchev–Trinajstić information content (AvgIpc) is 2.46. The zero-order chi connectivity index (χ0) is 13.8. The highest BCUT2D eigenvalue weighted by molar-refractivity contribution is 5.93. The second-order valence-electron chi connectivity index (χ2n) is 4.59. The van der Waals surface area contributed by atoms with Crippen LogP contribution in [0.5, 0.6) is 5.75 Å². The normalized spacial score (nSPS) is 16.3. The van der Waals surface area contributed by atoms with Crippen molar-refractivity contribution in [3.8, 4) is 5.75 Å². The van der Waals surface area contributed by atoms with Crippen molar-refractivity contribution < 1.29 is 19.4 Å². The molecule has 0 unspecified atom stereocenters. The van der Waals surface area contributed by atoms with Gasteiger partial charge in [0, 0.05) is 24.8 Å². The van der Waals surface area contributed by atoms with Gasteiger partial charge < -0.3 is 19.5 Å². The molecule has 0 aliphatic carbocycles. The average molecular weight is 265 g/mol. The van der Waals surface area contributed by atoms with E-state index in [9.17, 15) is 9.90 Å². The Balaban J connectivity index is 2.21. The first kappa shape index (κ1) is 13.7. The highest BCUT2D eigenvalue weighted by Crippen LogP contribution is 2.28. The van der Waals surface area contributed by atoms with Crippen molar-refractivity contribution in [2.24, 2.45) is 0 Å². The maximum Gasteiger partial charge on any atom is 0.341 e. The van der Waals surface area contributed by atoms with Crippen molar-refractivity contribution in [2.75, 3.05) is 32.2 Å². The molecular weight excluding hydrogens is 246 g/mol. The number of carbonyl (C=O) groups excluding carboxylic acids is 1. The fraction of sp³-hybridized carbons (Fsp3) is 0.500. The van der Waals surface area contributed by atoms with Gasteiger partial charge in [-0.1, -0.05) is 0 Å². The first-order valence-electron chi connectivity index (χ1n) is 6.35. The number of carbonyl (C=O) groups is 1. The number of nitrogens with zero attached hydrogens (tertiary/aromatic N) is 1. The lowest BCUT2D eigenvalue weighted by molar-refractivity contribution is 0.0597. The quantitative estimate of drug-likeness (QED) is 0.838. The van der Waals surface area contributed by atoms with E-state index >= 15 is 0 Å². The van der Waals surface area contributed by atoms with Crippen molar-refractivity contribution in [3.05, 3.63) is 23.8 Å². The van der Waals surface area contributed by atoms with Crippen LogP contribution < -0.4 is 9.64 Å². The summed E-state index contributed by atoms with van der Waals surface area (Å²) in [4.78, 5) is 13.8. The number of esters is 1. The largest absolute Gasteiger partial charge is 0.496 e. The molecule has 1 fully saturated rings. The Morgan fingerprint density at radius 2 is 2.00 bits per heavy atom. The molecule has 0 radical (unpaired) electrons. The van der Waals surface area contributed by atoms with Crippen LogP contribution in [0.15, 0.2) is 18.2 Å². The fourth-order valence-corrected chi connectivity index (χ4v) is 2.28. The zero-order valence-corrected chi connectivity index (χ0v) is 11.3. The lowest BCUT2D eigenvalue weighted by Crippen LogP contribution is -2.35. The first-order chi connectivity index (χ1) is 9.15. The Labute approximate surface area is 112 Å². The molecule has 1 N–H and O–H groups in total. The van der Waals surface area contributed by atoms with E-state index < -0.39 is 5.97 Å². The van der Waals surface area contributed by atoms with Crippen LogP contribution in [0.4, 0.5) is 5.69 Å². The molecule has 1 aliphatic rings. The Morgan fingerprint density at radius 3 is 2.58 bits per heavy atom. The highest BCUT2D eigenvalue weighted by Gasteiger charge is 2.19. The zero-order valence-electron chi connectivity index (χ0n) is 11.3. The summed E-state index contributed by atoms with van der Waals surface area (Å²) in [5.41, 5.74) is 1.42. The molecule has 19 heavy (non-hydrogen) atoms. The van der Waals surface area contributed by atoms with E-state index in [1.54, 1.807) is 6.07 Å². The molecule has 5 heteroatoms. The number of hydrogen-bond donors (Lipinski definition) is 1. The molecule has 1 aliphatic heterocycles. The first-order valence-corrected chi connectivity index (χ1v) is 6.35. The van der Waals surface area contributed by atoms with Crippen LogP contribution in [-0.4, -0.2) is 44.5 Å². The van der Waals surface area contributed by atoms with Crippen LogP contribution in [-0.2, 0) is 4.74 Å². The summed E-state index contributed by atoms with van der Waals surface area (Å²) in [5.74, 6) is 0.105. The summed E-state index contributed by atoms with van der Waals surface area (Å²) in [6.07, 6.45) is 1.33. The van der Waals surface area contributed by atoms with Crippen molar-refractivity contribution in [3.63, 3.8) is 0 Å². The van der Waals surface area contributed by atoms with E-state index in [1.165, 1.54) is 14.2 Å². The third-order valence-corrected chi connectivity index (χ3v) is 3.42. The van der Waals surface area contributed by atoms with Gasteiger partial charge in [-0.2, -0.15) is 0 Å². The molecule has 1 saturated heterocycles. The standard InChI is InChI=1S/C14H19NO4/c1-18-13-9-10(3-4-12(13)14(17)19-2)15-7-5-11(16)6-8-15/h3-4,9,11,16H,5-8H2,1-2H3. The number of aliphatic hydroxyl groups is 1. The van der Waals surface area contributed by atoms with E-state index in [0.29, 0.717) is 11.3 Å². The molecule has 1 heterocycles. The van der Waals surface area contributed by atoms with E-state index in [-0.39, 0.29) is 6.10 Å². The van der Waals surface area contributed by atoms with Gasteiger partial charge in [-0.05, 0) is 25.0 Å². The maximum absolute atomic E-state index is 11.6. The summed E-state index contributed by atoms with van der Waals surface area (Å²) >= 11 is 0. The SMILES string of the molecule is COC(=O)c1ccc(N2CCC(O)CC2)cc1OC. The van der Waals surface area contributed by atoms with E-state index in [1.807, 2.05) is 12.1 Å². The summed E-state index contributed by atoms with van der Waals surface area (Å²) in [7, 11) is 2.88. The smallest absolute Gasteiger partial charge is 0.341 e. The van der Waals surface area contributed by atoms with Crippen LogP contribution >= 0.6 is 0 Å². The number of piperidine rings is 1. The molecule has 0 saturated carbocycles. The summed E-state index contributed by atoms with van der Waals surface area (Å²) in [5, 5.41) is 9.51. The van der Waals surface area contributed by atoms with Crippen LogP contribution in [0.3, 0.4) is 0 Å². The predicted molar refractivity (Wildman–Crippen MR) is 71.8 cm³/mol. The van der Waals surface area contributed by atoms with E-state index in [4.69, 9.17) is 9.47 Å². The molecule has 0 atom stereocenters. The molecule has 104 valence electrons. The number of rotatable bonds is 3. The third kappa shape index (κ3) is 2.98. The Bertz CT molecular complexity index is 453. The summed E-state index contributed by atoms with van der Waals surface area (Å²) in [6, 6.07) is 5.43. The van der Waals surface area contributed by atoms with E-state index in [2.05, 4.69) is 4.90 Å². The predicted octanol–water partition coefficient (Wildman–Crippen LogP) is 1.44. The van der Waals surface area contributed by atoms with Crippen LogP contribution in [0, 0.1) is 0 Å². The number of hydrogen-bond acceptors (Lipinski definition) is 5. The number of ether oxygens (including phenoxy) is 2. The fourth-order valence-electron chi connectivity index (χ4n) is 2.28. The maximum atomic E-state index is 11.6. The number of benzene rings is 1. The number of methoxy groups -OCH3 is 2. The Hall–Kier alpha value is -1.75. The molecular formula is C14H19NO4. The summed E-state index contributed by atoms with van der Waals surface area (Å²) < 4.78 is 9.96. The minimum absolute atomic E-state index is 0.201. The van der Waals surface area contributed by atoms with Gasteiger partial charge in [-0.15, -0.1) is 0 Å². The molecule has 5 nitrogen and oxygen atoms in total. The van der Waals surface area contributed by atoms with Crippen molar-refractivity contribution in [1.29, 1.82) is 0 Å². The summed E-state index contributed by atoms with van der Waals surface area (Å²) in [6.45, 7) is 1.61. The van der Waals surface area contributed by atoms with Gasteiger partial charge in [-0.25, -0.2) is 4.79 Å². The lowest BCUT2D eigenvalue weighted by atomic mass is 10.1. The molecule has 0 bridgehead atoms. The number of anilines is 1. The monoisotopic (exact) mass is 265 g/mol. The van der Waals surface area contributed by atoms with E-state index in [0.717, 1.165) is 31.6 Å². The van der Waals surface area contributed by atoms with Crippen molar-refractivity contribution in [2.45, 2.75) is 18.9 Å². The minimum atomic E-state index is -0.405. The van der Waals surface area contributed by atoms with Gasteiger partial charge >= 0.3 is 5.97 Å². The van der Waals surface area contributed by atoms with Crippen molar-refractivity contribution in [1.82, 2.24) is 0 Å². The number of aliphatic hydroxyl groups excluding tert-OH is 1. The molecule has 0 spiro atoms. The van der Waals surface area contributed by atoms with Crippen LogP contribution in [0.2, 0.25) is 0 Å². The Kier molecular flexibility index (Phi) is 4.27. The third-order valence-electron chi connectivity index (χ3n) is 3.42. The molecule has 1 aromatic carbocycles. The molecule has 0 amide bonds. The Morgan fingerprint density at radius 1 is 1.32 bits per heavy atom. The second kappa shape index (κ2) is 5.93. The van der Waals surface area contributed by atoms with Gasteiger partial charge in [0.15, 0.2) is 0 Å². The topological polar surface area (TPSA) is 59.0 Å². The van der Waals surface area contributed by atoms with Crippen LogP contribution in [0.1, 0.15) is 23.2 Å². The van der Waals surface area contributed by atoms with Gasteiger partial charge in [0.1, 0.15) is 11.3 Å².